The van der Waals surface area contributed by atoms with Gasteiger partial charge in [0.2, 0.25) is 0 Å². The van der Waals surface area contributed by atoms with Crippen LogP contribution in [0.15, 0.2) is 17.0 Å². The van der Waals surface area contributed by atoms with E-state index in [9.17, 15) is 4.39 Å². The molecule has 0 saturated heterocycles. The lowest BCUT2D eigenvalue weighted by molar-refractivity contribution is 0.621. The minimum absolute atomic E-state index is 0.0810. The monoisotopic (exact) mass is 167 g/mol. The maximum atomic E-state index is 12.8. The first-order valence-electron chi connectivity index (χ1n) is 3.05. The Morgan fingerprint density at radius 3 is 2.64 bits per heavy atom. The SMILES string of the molecule is Cc1c(S)ccc(F)c1C#N. The molecule has 0 heterocycles. The summed E-state index contributed by atoms with van der Waals surface area (Å²) in [4.78, 5) is 0.642. The Morgan fingerprint density at radius 1 is 1.55 bits per heavy atom. The van der Waals surface area contributed by atoms with Crippen molar-refractivity contribution in [3.8, 4) is 6.07 Å². The molecule has 0 fully saturated rings. The van der Waals surface area contributed by atoms with Gasteiger partial charge in [0.25, 0.3) is 0 Å². The lowest BCUT2D eigenvalue weighted by Crippen LogP contribution is -1.89. The normalized spacial score (nSPS) is 9.27. The predicted octanol–water partition coefficient (Wildman–Crippen LogP) is 2.29. The van der Waals surface area contributed by atoms with Gasteiger partial charge in [0, 0.05) is 4.90 Å². The minimum Gasteiger partial charge on any atom is -0.206 e. The number of thiol groups is 1. The van der Waals surface area contributed by atoms with Gasteiger partial charge < -0.3 is 0 Å². The molecular weight excluding hydrogens is 161 g/mol. The lowest BCUT2D eigenvalue weighted by atomic mass is 10.1. The zero-order chi connectivity index (χ0) is 8.43. The van der Waals surface area contributed by atoms with Gasteiger partial charge in [-0.05, 0) is 24.6 Å². The van der Waals surface area contributed by atoms with Crippen molar-refractivity contribution in [2.75, 3.05) is 0 Å². The third kappa shape index (κ3) is 1.36. The molecule has 0 atom stereocenters. The number of nitriles is 1. The van der Waals surface area contributed by atoms with Crippen molar-refractivity contribution in [3.05, 3.63) is 29.1 Å². The Bertz CT molecular complexity index is 328. The minimum atomic E-state index is -0.484. The molecule has 0 aromatic heterocycles. The van der Waals surface area contributed by atoms with Crippen molar-refractivity contribution in [2.45, 2.75) is 11.8 Å². The molecule has 0 spiro atoms. The largest absolute Gasteiger partial charge is 0.206 e. The third-order valence-corrected chi connectivity index (χ3v) is 1.98. The highest BCUT2D eigenvalue weighted by molar-refractivity contribution is 7.80. The van der Waals surface area contributed by atoms with Gasteiger partial charge in [-0.25, -0.2) is 4.39 Å². The average molecular weight is 167 g/mol. The van der Waals surface area contributed by atoms with Gasteiger partial charge in [-0.15, -0.1) is 12.6 Å². The first kappa shape index (κ1) is 8.09. The molecule has 1 nitrogen and oxygen atoms in total. The summed E-state index contributed by atoms with van der Waals surface area (Å²) in [5.41, 5.74) is 0.674. The van der Waals surface area contributed by atoms with Crippen LogP contribution >= 0.6 is 12.6 Å². The van der Waals surface area contributed by atoms with Crippen LogP contribution in [-0.4, -0.2) is 0 Å². The van der Waals surface area contributed by atoms with Crippen LogP contribution in [0.5, 0.6) is 0 Å². The van der Waals surface area contributed by atoms with Crippen molar-refractivity contribution in [1.82, 2.24) is 0 Å². The number of halogens is 1. The summed E-state index contributed by atoms with van der Waals surface area (Å²) >= 11 is 4.05. The molecule has 11 heavy (non-hydrogen) atoms. The maximum absolute atomic E-state index is 12.8. The van der Waals surface area contributed by atoms with Gasteiger partial charge in [-0.2, -0.15) is 5.26 Å². The van der Waals surface area contributed by atoms with Crippen LogP contribution in [0.25, 0.3) is 0 Å². The van der Waals surface area contributed by atoms with Crippen LogP contribution in [0, 0.1) is 24.1 Å². The summed E-state index contributed by atoms with van der Waals surface area (Å²) in [6.07, 6.45) is 0. The number of hydrogen-bond donors (Lipinski definition) is 1. The summed E-state index contributed by atoms with van der Waals surface area (Å²) < 4.78 is 12.8. The quantitative estimate of drug-likeness (QED) is 0.589. The average Bonchev–Trinajstić information content (AvgIpc) is 1.99. The summed E-state index contributed by atoms with van der Waals surface area (Å²) in [7, 11) is 0. The van der Waals surface area contributed by atoms with Crippen LogP contribution in [0.1, 0.15) is 11.1 Å². The van der Waals surface area contributed by atoms with Gasteiger partial charge in [0.15, 0.2) is 0 Å². The first-order chi connectivity index (χ1) is 5.16. The van der Waals surface area contributed by atoms with Crippen molar-refractivity contribution in [1.29, 1.82) is 5.26 Å². The Labute approximate surface area is 69.9 Å². The van der Waals surface area contributed by atoms with Crippen molar-refractivity contribution >= 4 is 12.6 Å². The molecule has 3 heteroatoms. The second-order valence-electron chi connectivity index (χ2n) is 2.18. The smallest absolute Gasteiger partial charge is 0.141 e. The summed E-state index contributed by atoms with van der Waals surface area (Å²) in [6, 6.07) is 4.56. The van der Waals surface area contributed by atoms with Crippen molar-refractivity contribution in [2.24, 2.45) is 0 Å². The highest BCUT2D eigenvalue weighted by atomic mass is 32.1. The zero-order valence-electron chi connectivity index (χ0n) is 5.93. The van der Waals surface area contributed by atoms with E-state index in [1.54, 1.807) is 13.0 Å². The van der Waals surface area contributed by atoms with E-state index in [1.165, 1.54) is 12.1 Å². The van der Waals surface area contributed by atoms with E-state index in [2.05, 4.69) is 12.6 Å². The van der Waals surface area contributed by atoms with E-state index in [0.29, 0.717) is 10.5 Å². The van der Waals surface area contributed by atoms with Gasteiger partial charge in [-0.1, -0.05) is 0 Å². The van der Waals surface area contributed by atoms with Crippen LogP contribution in [0.3, 0.4) is 0 Å². The summed E-state index contributed by atoms with van der Waals surface area (Å²) in [6.45, 7) is 1.67. The molecule has 0 N–H and O–H groups in total. The van der Waals surface area contributed by atoms with Gasteiger partial charge >= 0.3 is 0 Å². The molecule has 0 amide bonds. The fraction of sp³-hybridized carbons (Fsp3) is 0.125. The fourth-order valence-corrected chi connectivity index (χ4v) is 0.991. The van der Waals surface area contributed by atoms with E-state index in [4.69, 9.17) is 5.26 Å². The Balaban J connectivity index is 3.44. The molecule has 1 rings (SSSR count). The molecule has 1 aromatic carbocycles. The van der Waals surface area contributed by atoms with Crippen LogP contribution in [0.2, 0.25) is 0 Å². The number of nitrogens with zero attached hydrogens (tertiary/aromatic N) is 1. The molecule has 0 unspecified atom stereocenters. The Hall–Kier alpha value is -1.01. The lowest BCUT2D eigenvalue weighted by Gasteiger charge is -2.00. The zero-order valence-corrected chi connectivity index (χ0v) is 6.82. The Morgan fingerprint density at radius 2 is 2.18 bits per heavy atom. The Kier molecular flexibility index (Phi) is 2.16. The molecule has 0 saturated carbocycles. The topological polar surface area (TPSA) is 23.8 Å². The highest BCUT2D eigenvalue weighted by Gasteiger charge is 2.06. The first-order valence-corrected chi connectivity index (χ1v) is 3.49. The van der Waals surface area contributed by atoms with Gasteiger partial charge in [-0.3, -0.25) is 0 Å². The molecule has 0 aliphatic carbocycles. The molecule has 0 radical (unpaired) electrons. The second kappa shape index (κ2) is 2.93. The van der Waals surface area contributed by atoms with E-state index in [0.717, 1.165) is 0 Å². The number of benzene rings is 1. The van der Waals surface area contributed by atoms with E-state index in [-0.39, 0.29) is 5.56 Å². The standard InChI is InChI=1S/C8H6FNS/c1-5-6(4-10)7(9)2-3-8(5)11/h2-3,11H,1H3. The molecular formula is C8H6FNS. The maximum Gasteiger partial charge on any atom is 0.141 e. The van der Waals surface area contributed by atoms with Crippen molar-refractivity contribution in [3.63, 3.8) is 0 Å². The molecule has 0 aliphatic heterocycles. The van der Waals surface area contributed by atoms with Crippen LogP contribution in [0.4, 0.5) is 4.39 Å². The van der Waals surface area contributed by atoms with Crippen LogP contribution < -0.4 is 0 Å². The second-order valence-corrected chi connectivity index (χ2v) is 2.66. The highest BCUT2D eigenvalue weighted by Crippen LogP contribution is 2.18. The van der Waals surface area contributed by atoms with Gasteiger partial charge in [0.05, 0.1) is 5.56 Å². The van der Waals surface area contributed by atoms with Crippen molar-refractivity contribution < 1.29 is 4.39 Å². The predicted molar refractivity (Wildman–Crippen MR) is 43.1 cm³/mol. The molecule has 56 valence electrons. The van der Waals surface area contributed by atoms with E-state index >= 15 is 0 Å². The number of hydrogen-bond acceptors (Lipinski definition) is 2. The number of rotatable bonds is 0. The summed E-state index contributed by atoms with van der Waals surface area (Å²) in [5.74, 6) is -0.484. The van der Waals surface area contributed by atoms with Gasteiger partial charge in [0.1, 0.15) is 11.9 Å². The fourth-order valence-electron chi connectivity index (χ4n) is 0.805. The molecule has 0 bridgehead atoms. The third-order valence-electron chi connectivity index (χ3n) is 1.50. The molecule has 0 aliphatic rings. The van der Waals surface area contributed by atoms with E-state index < -0.39 is 5.82 Å². The van der Waals surface area contributed by atoms with Crippen LogP contribution in [-0.2, 0) is 0 Å². The summed E-state index contributed by atoms with van der Waals surface area (Å²) in [5, 5.41) is 8.50. The molecule has 1 aromatic rings. The van der Waals surface area contributed by atoms with E-state index in [1.807, 2.05) is 0 Å².